The van der Waals surface area contributed by atoms with Crippen molar-refractivity contribution in [2.75, 3.05) is 0 Å². The number of nitrogens with zero attached hydrogens (tertiary/aromatic N) is 4. The third-order valence-electron chi connectivity index (χ3n) is 5.96. The molecule has 1 saturated heterocycles. The first kappa shape index (κ1) is 20.0. The molecule has 1 aliphatic carbocycles. The molecule has 1 saturated carbocycles. The average Bonchev–Trinajstić information content (AvgIpc) is 3.47. The van der Waals surface area contributed by atoms with Crippen molar-refractivity contribution in [2.24, 2.45) is 5.92 Å². The quantitative estimate of drug-likeness (QED) is 0.524. The van der Waals surface area contributed by atoms with Crippen LogP contribution in [-0.4, -0.2) is 37.9 Å². The summed E-state index contributed by atoms with van der Waals surface area (Å²) in [7, 11) is 0. The number of urea groups is 1. The van der Waals surface area contributed by atoms with Gasteiger partial charge in [-0.2, -0.15) is 4.98 Å². The number of hydrogen-bond acceptors (Lipinski definition) is 6. The summed E-state index contributed by atoms with van der Waals surface area (Å²) in [6.45, 7) is 0.295. The summed E-state index contributed by atoms with van der Waals surface area (Å²) in [6, 6.07) is 10.6. The van der Waals surface area contributed by atoms with Gasteiger partial charge in [-0.25, -0.2) is 4.79 Å². The summed E-state index contributed by atoms with van der Waals surface area (Å²) < 4.78 is 11.8. The van der Waals surface area contributed by atoms with Crippen molar-refractivity contribution in [2.45, 2.75) is 44.8 Å². The number of aromatic nitrogens is 2. The van der Waals surface area contributed by atoms with Crippen LogP contribution < -0.4 is 0 Å². The number of rotatable bonds is 5. The van der Waals surface area contributed by atoms with Gasteiger partial charge in [0.2, 0.25) is 17.6 Å². The number of fused-ring (bicyclic) bond motifs is 1. The van der Waals surface area contributed by atoms with Gasteiger partial charge in [0.15, 0.2) is 0 Å². The van der Waals surface area contributed by atoms with E-state index in [0.717, 1.165) is 35.7 Å². The molecule has 3 aromatic rings. The van der Waals surface area contributed by atoms with E-state index < -0.39 is 0 Å². The van der Waals surface area contributed by atoms with E-state index in [1.807, 2.05) is 24.3 Å². The highest BCUT2D eigenvalue weighted by Crippen LogP contribution is 2.36. The number of carbonyl (C=O) groups excluding carboxylic acids is 2. The minimum absolute atomic E-state index is 0.122. The van der Waals surface area contributed by atoms with Crippen LogP contribution in [0.5, 0.6) is 0 Å². The Bertz CT molecular complexity index is 1080. The molecule has 0 N–H and O–H groups in total. The van der Waals surface area contributed by atoms with Gasteiger partial charge in [0.25, 0.3) is 0 Å². The Morgan fingerprint density at radius 1 is 1.06 bits per heavy atom. The SMILES string of the molecule is O=C1C2CCCCC2N(Cc2nc(-c3ccc(Br)cc3)no2)C(=O)N1Cc1ccco1. The fraction of sp³-hybridized carbons (Fsp3) is 0.364. The Hall–Kier alpha value is -2.94. The summed E-state index contributed by atoms with van der Waals surface area (Å²) in [6.07, 6.45) is 5.08. The van der Waals surface area contributed by atoms with Gasteiger partial charge in [0.05, 0.1) is 18.7 Å². The van der Waals surface area contributed by atoms with E-state index in [1.165, 1.54) is 11.2 Å². The Morgan fingerprint density at radius 2 is 1.87 bits per heavy atom. The molecule has 9 heteroatoms. The van der Waals surface area contributed by atoms with E-state index in [0.29, 0.717) is 17.5 Å². The fourth-order valence-electron chi connectivity index (χ4n) is 4.43. The van der Waals surface area contributed by atoms with E-state index in [2.05, 4.69) is 26.1 Å². The van der Waals surface area contributed by atoms with Crippen LogP contribution in [0, 0.1) is 5.92 Å². The number of furan rings is 1. The third kappa shape index (κ3) is 3.89. The van der Waals surface area contributed by atoms with Gasteiger partial charge in [-0.3, -0.25) is 9.69 Å². The summed E-state index contributed by atoms with van der Waals surface area (Å²) in [5.74, 6) is 1.06. The summed E-state index contributed by atoms with van der Waals surface area (Å²) in [4.78, 5) is 33.9. The molecule has 3 amide bonds. The van der Waals surface area contributed by atoms with Gasteiger partial charge in [-0.1, -0.05) is 33.9 Å². The average molecular weight is 485 g/mol. The number of carbonyl (C=O) groups is 2. The molecule has 8 nitrogen and oxygen atoms in total. The molecule has 1 aromatic carbocycles. The fourth-order valence-corrected chi connectivity index (χ4v) is 4.70. The molecule has 1 aliphatic heterocycles. The molecule has 2 aromatic heterocycles. The van der Waals surface area contributed by atoms with Gasteiger partial charge in [0, 0.05) is 16.1 Å². The standard InChI is InChI=1S/C22H21BrN4O4/c23-15-9-7-14(8-10-15)20-24-19(31-25-20)13-26-18-6-2-1-5-17(18)21(28)27(22(26)29)12-16-4-3-11-30-16/h3-4,7-11,17-18H,1-2,5-6,12-13H2. The molecular weight excluding hydrogens is 464 g/mol. The first-order valence-electron chi connectivity index (χ1n) is 10.3. The maximum Gasteiger partial charge on any atom is 0.327 e. The molecule has 0 bridgehead atoms. The number of imide groups is 1. The van der Waals surface area contributed by atoms with Gasteiger partial charge in [0.1, 0.15) is 12.3 Å². The van der Waals surface area contributed by atoms with Crippen molar-refractivity contribution in [1.82, 2.24) is 19.9 Å². The van der Waals surface area contributed by atoms with Crippen LogP contribution in [0.3, 0.4) is 0 Å². The number of halogens is 1. The predicted octanol–water partition coefficient (Wildman–Crippen LogP) is 4.62. The van der Waals surface area contributed by atoms with Crippen LogP contribution >= 0.6 is 15.9 Å². The molecular formula is C22H21BrN4O4. The van der Waals surface area contributed by atoms with Crippen LogP contribution in [0.4, 0.5) is 4.79 Å². The molecule has 0 spiro atoms. The summed E-state index contributed by atoms with van der Waals surface area (Å²) >= 11 is 3.41. The van der Waals surface area contributed by atoms with Gasteiger partial charge >= 0.3 is 6.03 Å². The molecule has 2 fully saturated rings. The molecule has 5 rings (SSSR count). The lowest BCUT2D eigenvalue weighted by Gasteiger charge is -2.46. The second-order valence-corrected chi connectivity index (χ2v) is 8.81. The molecule has 3 heterocycles. The van der Waals surface area contributed by atoms with Gasteiger partial charge < -0.3 is 13.8 Å². The molecule has 2 unspecified atom stereocenters. The largest absolute Gasteiger partial charge is 0.467 e. The smallest absolute Gasteiger partial charge is 0.327 e. The molecule has 0 radical (unpaired) electrons. The lowest BCUT2D eigenvalue weighted by molar-refractivity contribution is -0.141. The normalized spacial score (nSPS) is 21.5. The maximum absolute atomic E-state index is 13.3. The van der Waals surface area contributed by atoms with E-state index in [9.17, 15) is 9.59 Å². The first-order chi connectivity index (χ1) is 15.1. The molecule has 31 heavy (non-hydrogen) atoms. The zero-order valence-corrected chi connectivity index (χ0v) is 18.3. The van der Waals surface area contributed by atoms with E-state index >= 15 is 0 Å². The predicted molar refractivity (Wildman–Crippen MR) is 113 cm³/mol. The van der Waals surface area contributed by atoms with E-state index in [-0.39, 0.29) is 37.0 Å². The van der Waals surface area contributed by atoms with Crippen LogP contribution in [0.15, 0.2) is 56.1 Å². The highest BCUT2D eigenvalue weighted by Gasteiger charge is 2.47. The van der Waals surface area contributed by atoms with Crippen LogP contribution in [0.1, 0.15) is 37.3 Å². The maximum atomic E-state index is 13.3. The zero-order valence-electron chi connectivity index (χ0n) is 16.7. The number of hydrogen-bond donors (Lipinski definition) is 0. The minimum atomic E-state index is -0.340. The van der Waals surface area contributed by atoms with Crippen LogP contribution in [0.2, 0.25) is 0 Å². The zero-order chi connectivity index (χ0) is 21.4. The summed E-state index contributed by atoms with van der Waals surface area (Å²) in [5, 5.41) is 4.07. The number of benzene rings is 1. The Kier molecular flexibility index (Phi) is 5.35. The second kappa shape index (κ2) is 8.30. The number of amides is 3. The Balaban J connectivity index is 1.40. The lowest BCUT2D eigenvalue weighted by atomic mass is 9.81. The lowest BCUT2D eigenvalue weighted by Crippen LogP contribution is -2.61. The van der Waals surface area contributed by atoms with E-state index in [4.69, 9.17) is 8.94 Å². The van der Waals surface area contributed by atoms with Crippen molar-refractivity contribution < 1.29 is 18.5 Å². The monoisotopic (exact) mass is 484 g/mol. The van der Waals surface area contributed by atoms with Crippen molar-refractivity contribution in [3.05, 3.63) is 58.8 Å². The van der Waals surface area contributed by atoms with Crippen LogP contribution in [-0.2, 0) is 17.9 Å². The highest BCUT2D eigenvalue weighted by atomic mass is 79.9. The van der Waals surface area contributed by atoms with Crippen molar-refractivity contribution in [3.63, 3.8) is 0 Å². The van der Waals surface area contributed by atoms with Crippen molar-refractivity contribution in [1.29, 1.82) is 0 Å². The second-order valence-electron chi connectivity index (χ2n) is 7.89. The molecule has 160 valence electrons. The van der Waals surface area contributed by atoms with Gasteiger partial charge in [-0.05, 0) is 49.2 Å². The summed E-state index contributed by atoms with van der Waals surface area (Å²) in [5.41, 5.74) is 0.827. The Labute approximate surface area is 187 Å². The van der Waals surface area contributed by atoms with Crippen LogP contribution in [0.25, 0.3) is 11.4 Å². The minimum Gasteiger partial charge on any atom is -0.467 e. The third-order valence-corrected chi connectivity index (χ3v) is 6.49. The molecule has 2 atom stereocenters. The first-order valence-corrected chi connectivity index (χ1v) is 11.1. The molecule has 2 aliphatic rings. The van der Waals surface area contributed by atoms with E-state index in [1.54, 1.807) is 17.0 Å². The topological polar surface area (TPSA) is 92.7 Å². The Morgan fingerprint density at radius 3 is 2.65 bits per heavy atom. The van der Waals surface area contributed by atoms with Gasteiger partial charge in [-0.15, -0.1) is 0 Å². The highest BCUT2D eigenvalue weighted by molar-refractivity contribution is 9.10. The van der Waals surface area contributed by atoms with Crippen molar-refractivity contribution in [3.8, 4) is 11.4 Å². The van der Waals surface area contributed by atoms with Crippen molar-refractivity contribution >= 4 is 27.9 Å².